The van der Waals surface area contributed by atoms with Gasteiger partial charge < -0.3 is 10.6 Å². The van der Waals surface area contributed by atoms with Crippen LogP contribution < -0.4 is 10.6 Å². The lowest BCUT2D eigenvalue weighted by molar-refractivity contribution is 0.209. The monoisotopic (exact) mass is 212 g/mol. The largest absolute Gasteiger partial charge is 0.316 e. The average molecular weight is 212 g/mol. The van der Waals surface area contributed by atoms with Crippen LogP contribution in [-0.2, 0) is 0 Å². The number of hydrogen-bond donors (Lipinski definition) is 2. The van der Waals surface area contributed by atoms with Crippen LogP contribution in [0.1, 0.15) is 46.5 Å². The fraction of sp³-hybridized carbons (Fsp3) is 1.00. The smallest absolute Gasteiger partial charge is 0.00769 e. The van der Waals surface area contributed by atoms with E-state index in [1.54, 1.807) is 0 Å². The quantitative estimate of drug-likeness (QED) is 0.633. The highest BCUT2D eigenvalue weighted by Crippen LogP contribution is 2.38. The van der Waals surface area contributed by atoms with Gasteiger partial charge in [-0.1, -0.05) is 33.6 Å². The molecule has 1 fully saturated rings. The number of hydrogen-bond acceptors (Lipinski definition) is 2. The van der Waals surface area contributed by atoms with Gasteiger partial charge in [-0.05, 0) is 30.7 Å². The van der Waals surface area contributed by atoms with Crippen molar-refractivity contribution < 1.29 is 0 Å². The van der Waals surface area contributed by atoms with Crippen molar-refractivity contribution in [3.05, 3.63) is 0 Å². The van der Waals surface area contributed by atoms with Crippen LogP contribution in [0.2, 0.25) is 0 Å². The summed E-state index contributed by atoms with van der Waals surface area (Å²) in [6.07, 6.45) is 5.79. The minimum absolute atomic E-state index is 0.489. The first-order valence-corrected chi connectivity index (χ1v) is 6.58. The van der Waals surface area contributed by atoms with Crippen LogP contribution in [0.5, 0.6) is 0 Å². The Labute approximate surface area is 95.2 Å². The first-order chi connectivity index (χ1) is 7.17. The van der Waals surface area contributed by atoms with E-state index in [1.807, 2.05) is 0 Å². The van der Waals surface area contributed by atoms with Gasteiger partial charge in [0, 0.05) is 19.6 Å². The van der Waals surface area contributed by atoms with E-state index in [9.17, 15) is 0 Å². The molecule has 0 spiro atoms. The van der Waals surface area contributed by atoms with Crippen LogP contribution in [0, 0.1) is 11.3 Å². The summed E-state index contributed by atoms with van der Waals surface area (Å²) < 4.78 is 0. The van der Waals surface area contributed by atoms with Crippen molar-refractivity contribution >= 4 is 0 Å². The topological polar surface area (TPSA) is 24.1 Å². The van der Waals surface area contributed by atoms with Crippen LogP contribution in [0.3, 0.4) is 0 Å². The van der Waals surface area contributed by atoms with Gasteiger partial charge >= 0.3 is 0 Å². The van der Waals surface area contributed by atoms with E-state index < -0.39 is 0 Å². The Morgan fingerprint density at radius 3 is 2.27 bits per heavy atom. The molecule has 1 aliphatic carbocycles. The van der Waals surface area contributed by atoms with Gasteiger partial charge in [0.15, 0.2) is 0 Å². The highest BCUT2D eigenvalue weighted by atomic mass is 14.9. The number of likely N-dealkylation sites (N-methyl/N-ethyl adjacent to an activating group) is 1. The van der Waals surface area contributed by atoms with Crippen molar-refractivity contribution in [3.63, 3.8) is 0 Å². The van der Waals surface area contributed by atoms with Crippen molar-refractivity contribution in [2.75, 3.05) is 26.2 Å². The summed E-state index contributed by atoms with van der Waals surface area (Å²) in [5.74, 6) is 0.948. The van der Waals surface area contributed by atoms with Crippen molar-refractivity contribution in [2.24, 2.45) is 11.3 Å². The van der Waals surface area contributed by atoms with Crippen molar-refractivity contribution in [3.8, 4) is 0 Å². The minimum Gasteiger partial charge on any atom is -0.316 e. The van der Waals surface area contributed by atoms with Crippen LogP contribution in [0.4, 0.5) is 0 Å². The fourth-order valence-corrected chi connectivity index (χ4v) is 2.62. The average Bonchev–Trinajstić information content (AvgIpc) is 2.70. The molecule has 1 aliphatic rings. The molecule has 0 atom stereocenters. The predicted molar refractivity (Wildman–Crippen MR) is 67.2 cm³/mol. The third-order valence-electron chi connectivity index (χ3n) is 3.77. The zero-order valence-corrected chi connectivity index (χ0v) is 10.7. The summed E-state index contributed by atoms with van der Waals surface area (Å²) in [4.78, 5) is 0. The molecular formula is C13H28N2. The summed E-state index contributed by atoms with van der Waals surface area (Å²) in [6.45, 7) is 11.4. The first-order valence-electron chi connectivity index (χ1n) is 6.58. The minimum atomic E-state index is 0.489. The lowest BCUT2D eigenvalue weighted by Crippen LogP contribution is -2.37. The molecule has 0 heterocycles. The van der Waals surface area contributed by atoms with Gasteiger partial charge in [0.25, 0.3) is 0 Å². The molecule has 0 radical (unpaired) electrons. The van der Waals surface area contributed by atoms with E-state index in [0.29, 0.717) is 5.41 Å². The zero-order chi connectivity index (χ0) is 11.1. The van der Waals surface area contributed by atoms with Gasteiger partial charge in [-0.3, -0.25) is 0 Å². The summed E-state index contributed by atoms with van der Waals surface area (Å²) in [7, 11) is 0. The molecule has 0 aliphatic heterocycles. The first kappa shape index (κ1) is 13.0. The van der Waals surface area contributed by atoms with Crippen molar-refractivity contribution in [2.45, 2.75) is 46.5 Å². The molecule has 0 saturated heterocycles. The Kier molecular flexibility index (Phi) is 5.62. The Bertz CT molecular complexity index is 160. The SMILES string of the molecule is CCNCCNCC(C)(C)C1CCCC1. The molecule has 0 aromatic rings. The van der Waals surface area contributed by atoms with Crippen molar-refractivity contribution in [1.29, 1.82) is 0 Å². The molecule has 0 amide bonds. The van der Waals surface area contributed by atoms with E-state index in [1.165, 1.54) is 32.2 Å². The van der Waals surface area contributed by atoms with E-state index in [0.717, 1.165) is 25.6 Å². The number of rotatable bonds is 7. The third kappa shape index (κ3) is 4.52. The van der Waals surface area contributed by atoms with Crippen LogP contribution in [0.25, 0.3) is 0 Å². The Hall–Kier alpha value is -0.0800. The molecule has 2 nitrogen and oxygen atoms in total. The van der Waals surface area contributed by atoms with E-state index in [-0.39, 0.29) is 0 Å². The molecule has 0 aromatic heterocycles. The second-order valence-electron chi connectivity index (χ2n) is 5.50. The maximum Gasteiger partial charge on any atom is 0.00769 e. The molecule has 1 rings (SSSR count). The van der Waals surface area contributed by atoms with E-state index in [4.69, 9.17) is 0 Å². The summed E-state index contributed by atoms with van der Waals surface area (Å²) in [5, 5.41) is 6.92. The van der Waals surface area contributed by atoms with Gasteiger partial charge in [-0.15, -0.1) is 0 Å². The van der Waals surface area contributed by atoms with E-state index >= 15 is 0 Å². The maximum absolute atomic E-state index is 3.57. The molecule has 0 bridgehead atoms. The number of nitrogens with one attached hydrogen (secondary N) is 2. The Morgan fingerprint density at radius 2 is 1.67 bits per heavy atom. The Morgan fingerprint density at radius 1 is 1.07 bits per heavy atom. The molecule has 90 valence electrons. The maximum atomic E-state index is 3.57. The lowest BCUT2D eigenvalue weighted by atomic mass is 9.78. The highest BCUT2D eigenvalue weighted by Gasteiger charge is 2.30. The second kappa shape index (κ2) is 6.49. The standard InChI is InChI=1S/C13H28N2/c1-4-14-9-10-15-11-13(2,3)12-7-5-6-8-12/h12,14-15H,4-11H2,1-3H3. The highest BCUT2D eigenvalue weighted by molar-refractivity contribution is 4.83. The molecule has 2 N–H and O–H groups in total. The Balaban J connectivity index is 2.12. The normalized spacial score (nSPS) is 18.6. The van der Waals surface area contributed by atoms with Crippen LogP contribution >= 0.6 is 0 Å². The second-order valence-corrected chi connectivity index (χ2v) is 5.50. The summed E-state index contributed by atoms with van der Waals surface area (Å²) in [6, 6.07) is 0. The predicted octanol–water partition coefficient (Wildman–Crippen LogP) is 2.40. The fourth-order valence-electron chi connectivity index (χ4n) is 2.62. The molecule has 2 heteroatoms. The van der Waals surface area contributed by atoms with Gasteiger partial charge in [-0.25, -0.2) is 0 Å². The van der Waals surface area contributed by atoms with Gasteiger partial charge in [0.05, 0.1) is 0 Å². The van der Waals surface area contributed by atoms with E-state index in [2.05, 4.69) is 31.4 Å². The van der Waals surface area contributed by atoms with Crippen LogP contribution in [0.15, 0.2) is 0 Å². The summed E-state index contributed by atoms with van der Waals surface area (Å²) in [5.41, 5.74) is 0.489. The molecule has 1 saturated carbocycles. The summed E-state index contributed by atoms with van der Waals surface area (Å²) >= 11 is 0. The third-order valence-corrected chi connectivity index (χ3v) is 3.77. The van der Waals surface area contributed by atoms with Gasteiger partial charge in [0.1, 0.15) is 0 Å². The van der Waals surface area contributed by atoms with Gasteiger partial charge in [-0.2, -0.15) is 0 Å². The zero-order valence-electron chi connectivity index (χ0n) is 10.7. The molecule has 0 unspecified atom stereocenters. The molecular weight excluding hydrogens is 184 g/mol. The van der Waals surface area contributed by atoms with Crippen LogP contribution in [-0.4, -0.2) is 26.2 Å². The molecule has 0 aromatic carbocycles. The van der Waals surface area contributed by atoms with Crippen molar-refractivity contribution in [1.82, 2.24) is 10.6 Å². The molecule has 15 heavy (non-hydrogen) atoms. The lowest BCUT2D eigenvalue weighted by Gasteiger charge is -2.32. The van der Waals surface area contributed by atoms with Gasteiger partial charge in [0.2, 0.25) is 0 Å².